The lowest BCUT2D eigenvalue weighted by Gasteiger charge is -2.18. The lowest BCUT2D eigenvalue weighted by atomic mass is 9.85. The molecular weight excluding hydrogens is 569 g/mol. The third kappa shape index (κ3) is 3.97. The van der Waals surface area contributed by atoms with Gasteiger partial charge in [0, 0.05) is 16.2 Å². The first-order valence-electron chi connectivity index (χ1n) is 27.9. The first kappa shape index (κ1) is 10.7. The molecule has 0 atom stereocenters. The molecule has 0 spiro atoms. The third-order valence-corrected chi connectivity index (χ3v) is 7.75. The van der Waals surface area contributed by atoms with Crippen LogP contribution in [0.25, 0.3) is 98.4 Å². The molecule has 0 aliphatic carbocycles. The van der Waals surface area contributed by atoms with Crippen LogP contribution in [0.4, 0.5) is 0 Å². The van der Waals surface area contributed by atoms with E-state index in [1.165, 1.54) is 0 Å². The molecule has 0 saturated heterocycles. The van der Waals surface area contributed by atoms with Gasteiger partial charge < -0.3 is 4.42 Å². The highest BCUT2D eigenvalue weighted by molar-refractivity contribution is 6.23. The average Bonchev–Trinajstić information content (AvgIpc) is 3.79. The molecule has 0 aliphatic heterocycles. The number of fused-ring (bicyclic) bond motifs is 8. The third-order valence-electron chi connectivity index (χ3n) is 7.75. The highest BCUT2D eigenvalue weighted by Gasteiger charge is 2.18. The fraction of sp³-hybridized carbons (Fsp3) is 0. The molecule has 47 heavy (non-hydrogen) atoms. The van der Waals surface area contributed by atoms with E-state index < -0.39 is 268 Å². The first-order chi connectivity index (χ1) is 35.0. The van der Waals surface area contributed by atoms with Gasteiger partial charge in [-0.2, -0.15) is 0 Å². The normalized spacial score (nSPS) is 20.2. The molecule has 0 bridgehead atoms. The maximum atomic E-state index is 9.81. The van der Waals surface area contributed by atoms with Crippen molar-refractivity contribution in [3.05, 3.63) is 169 Å². The molecule has 0 aliphatic rings. The molecule has 1 aromatic heterocycles. The molecular formula is C46H28O. The Bertz CT molecular complexity index is 4330. The molecule has 1 heterocycles. The van der Waals surface area contributed by atoms with Crippen LogP contribution in [-0.2, 0) is 0 Å². The summed E-state index contributed by atoms with van der Waals surface area (Å²) < 4.78 is 258. The summed E-state index contributed by atoms with van der Waals surface area (Å²) in [5, 5.41) is -6.02. The molecule has 9 aromatic carbocycles. The van der Waals surface area contributed by atoms with Crippen molar-refractivity contribution >= 4 is 65.0 Å². The average molecular weight is 625 g/mol. The largest absolute Gasteiger partial charge is 0.455 e. The Morgan fingerprint density at radius 3 is 1.53 bits per heavy atom. The second-order valence-corrected chi connectivity index (χ2v) is 10.3. The van der Waals surface area contributed by atoms with Crippen LogP contribution >= 0.6 is 0 Å². The van der Waals surface area contributed by atoms with Gasteiger partial charge in [-0.05, 0) is 89.2 Å². The highest BCUT2D eigenvalue weighted by Crippen LogP contribution is 2.45. The molecule has 0 unspecified atom stereocenters. The summed E-state index contributed by atoms with van der Waals surface area (Å²) in [7, 11) is 0. The molecule has 10 rings (SSSR count). The van der Waals surface area contributed by atoms with Gasteiger partial charge >= 0.3 is 0 Å². The van der Waals surface area contributed by atoms with Crippen LogP contribution in [0.2, 0.25) is 0 Å². The number of furan rings is 1. The summed E-state index contributed by atoms with van der Waals surface area (Å²) >= 11 is 0. The fourth-order valence-electron chi connectivity index (χ4n) is 5.72. The highest BCUT2D eigenvalue weighted by atomic mass is 16.3. The predicted molar refractivity (Wildman–Crippen MR) is 200 cm³/mol. The van der Waals surface area contributed by atoms with E-state index in [0.29, 0.717) is 0 Å². The molecule has 1 heteroatoms. The summed E-state index contributed by atoms with van der Waals surface area (Å²) in [6.07, 6.45) is 0. The number of rotatable bonds is 3. The second kappa shape index (κ2) is 10.2. The zero-order valence-corrected chi connectivity index (χ0v) is 23.4. The minimum atomic E-state index is -1.10. The Hall–Kier alpha value is -6.18. The SMILES string of the molecule is [2H]c1c([2H])c(-c2c3c([2H])c([2H])c([2H])c([2H])c3c(-c3c([2H])c([2H])c4oc5c6c([2H])c([2H])c([2H])c([2H])c6c([2H])c([2H])c5c4c3[2H])c3c([2H])c([2H])c([2H])c([2H])c23)c([2H])c([2H])c1-c1c([2H])c([2H])c([2H])c2c([2H])c([2H])c([2H])c([2H])c12. The van der Waals surface area contributed by atoms with E-state index in [9.17, 15) is 15.1 Å². The van der Waals surface area contributed by atoms with Crippen molar-refractivity contribution in [2.75, 3.05) is 0 Å². The quantitative estimate of drug-likeness (QED) is 0.178. The molecule has 0 amide bonds. The van der Waals surface area contributed by atoms with E-state index in [1.807, 2.05) is 0 Å². The van der Waals surface area contributed by atoms with E-state index >= 15 is 0 Å². The van der Waals surface area contributed by atoms with Crippen LogP contribution in [0.1, 0.15) is 38.4 Å². The molecule has 10 aromatic rings. The van der Waals surface area contributed by atoms with E-state index in [1.54, 1.807) is 0 Å². The monoisotopic (exact) mass is 624 g/mol. The Balaban J connectivity index is 1.45. The van der Waals surface area contributed by atoms with Gasteiger partial charge in [-0.25, -0.2) is 0 Å². The van der Waals surface area contributed by atoms with Gasteiger partial charge in [-0.1, -0.05) is 151 Å². The van der Waals surface area contributed by atoms with Crippen molar-refractivity contribution in [2.24, 2.45) is 0 Å². The molecule has 0 fully saturated rings. The zero-order chi connectivity index (χ0) is 55.3. The summed E-state index contributed by atoms with van der Waals surface area (Å²) in [6.45, 7) is 0. The van der Waals surface area contributed by atoms with Crippen LogP contribution in [-0.4, -0.2) is 0 Å². The van der Waals surface area contributed by atoms with Crippen LogP contribution in [0, 0.1) is 0 Å². The van der Waals surface area contributed by atoms with E-state index in [-0.39, 0.29) is 0 Å². The maximum absolute atomic E-state index is 9.81. The van der Waals surface area contributed by atoms with Crippen molar-refractivity contribution in [2.45, 2.75) is 0 Å². The van der Waals surface area contributed by atoms with E-state index in [2.05, 4.69) is 0 Å². The zero-order valence-electron chi connectivity index (χ0n) is 51.4. The van der Waals surface area contributed by atoms with Gasteiger partial charge in [-0.15, -0.1) is 0 Å². The van der Waals surface area contributed by atoms with Crippen molar-refractivity contribution < 1.29 is 42.8 Å². The number of benzene rings is 9. The Morgan fingerprint density at radius 1 is 0.340 bits per heavy atom. The Kier molecular flexibility index (Phi) is 2.31. The first-order valence-corrected chi connectivity index (χ1v) is 13.9. The minimum Gasteiger partial charge on any atom is -0.455 e. The standard InChI is InChI=1S/C46H28O/c1-3-13-34-29(10-1)12-9-19-35(34)31-20-22-32(23-21-31)44-37-15-5-7-17-39(37)45(40-18-8-6-16-38(40)44)33-25-27-43-42(28-33)41-26-24-30-11-2-4-14-36(30)46(41)47-43/h1-28H/i1D,2D,3D,4D,5D,6D,7D,8D,9D,10D,11D,12D,13D,14D,15D,16D,17D,18D,19D,20D,21D,22D,23D,24D,25D,26D,27D,28D. The van der Waals surface area contributed by atoms with Crippen LogP contribution in [0.5, 0.6) is 0 Å². The topological polar surface area (TPSA) is 13.1 Å². The van der Waals surface area contributed by atoms with Crippen molar-refractivity contribution in [3.63, 3.8) is 0 Å². The van der Waals surface area contributed by atoms with Gasteiger partial charge in [0.15, 0.2) is 0 Å². The van der Waals surface area contributed by atoms with Crippen molar-refractivity contribution in [1.82, 2.24) is 0 Å². The molecule has 1 nitrogen and oxygen atoms in total. The molecule has 0 saturated carbocycles. The molecule has 0 radical (unpaired) electrons. The van der Waals surface area contributed by atoms with Crippen molar-refractivity contribution in [3.8, 4) is 33.4 Å². The van der Waals surface area contributed by atoms with Crippen LogP contribution in [0.15, 0.2) is 174 Å². The van der Waals surface area contributed by atoms with Crippen molar-refractivity contribution in [1.29, 1.82) is 0 Å². The lowest BCUT2D eigenvalue weighted by molar-refractivity contribution is 0.672. The number of hydrogen-bond acceptors (Lipinski definition) is 1. The Morgan fingerprint density at radius 2 is 0.851 bits per heavy atom. The molecule has 218 valence electrons. The van der Waals surface area contributed by atoms with Gasteiger partial charge in [0.25, 0.3) is 0 Å². The maximum Gasteiger partial charge on any atom is 0.143 e. The second-order valence-electron chi connectivity index (χ2n) is 10.3. The van der Waals surface area contributed by atoms with E-state index in [4.69, 9.17) is 27.7 Å². The van der Waals surface area contributed by atoms with Gasteiger partial charge in [0.2, 0.25) is 0 Å². The summed E-state index contributed by atoms with van der Waals surface area (Å²) in [5.41, 5.74) is -5.75. The predicted octanol–water partition coefficient (Wildman–Crippen LogP) is 13.2. The summed E-state index contributed by atoms with van der Waals surface area (Å²) in [6, 6.07) is -25.6. The van der Waals surface area contributed by atoms with Gasteiger partial charge in [-0.3, -0.25) is 0 Å². The van der Waals surface area contributed by atoms with Gasteiger partial charge in [0.1, 0.15) is 11.2 Å². The van der Waals surface area contributed by atoms with E-state index in [0.717, 1.165) is 0 Å². The summed E-state index contributed by atoms with van der Waals surface area (Å²) in [4.78, 5) is 0. The minimum absolute atomic E-state index is 0.417. The van der Waals surface area contributed by atoms with Crippen LogP contribution in [0.3, 0.4) is 0 Å². The molecule has 0 N–H and O–H groups in total. The smallest absolute Gasteiger partial charge is 0.143 e. The number of hydrogen-bond donors (Lipinski definition) is 0. The fourth-order valence-corrected chi connectivity index (χ4v) is 5.72. The summed E-state index contributed by atoms with van der Waals surface area (Å²) in [5.74, 6) is 0. The Labute approximate surface area is 311 Å². The van der Waals surface area contributed by atoms with Crippen LogP contribution < -0.4 is 0 Å². The van der Waals surface area contributed by atoms with Gasteiger partial charge in [0.05, 0.1) is 38.4 Å². The lowest BCUT2D eigenvalue weighted by Crippen LogP contribution is -1.91.